The summed E-state index contributed by atoms with van der Waals surface area (Å²) >= 11 is 5.92. The molecule has 31 heavy (non-hydrogen) atoms. The molecule has 2 fully saturated rings. The lowest BCUT2D eigenvalue weighted by Crippen LogP contribution is -2.31. The summed E-state index contributed by atoms with van der Waals surface area (Å²) in [4.78, 5) is 36.0. The first-order valence-electron chi connectivity index (χ1n) is 10.5. The number of nitrogens with zero attached hydrogens (tertiary/aromatic N) is 4. The molecule has 8 heteroatoms. The minimum absolute atomic E-state index is 0.0422. The van der Waals surface area contributed by atoms with Crippen LogP contribution in [0.25, 0.3) is 10.9 Å². The zero-order valence-corrected chi connectivity index (χ0v) is 18.5. The predicted molar refractivity (Wildman–Crippen MR) is 122 cm³/mol. The molecule has 0 radical (unpaired) electrons. The number of halogens is 1. The maximum atomic E-state index is 13.2. The number of hydrogen-bond acceptors (Lipinski definition) is 6. The third-order valence-corrected chi connectivity index (χ3v) is 6.64. The van der Waals surface area contributed by atoms with Crippen LogP contribution in [0, 0.1) is 18.8 Å². The Labute approximate surface area is 185 Å². The second-order valence-corrected chi connectivity index (χ2v) is 9.13. The van der Waals surface area contributed by atoms with Crippen LogP contribution in [0.5, 0.6) is 0 Å². The van der Waals surface area contributed by atoms with Crippen LogP contribution in [0.3, 0.4) is 0 Å². The van der Waals surface area contributed by atoms with Crippen LogP contribution >= 0.6 is 11.6 Å². The first kappa shape index (κ1) is 20.0. The second-order valence-electron chi connectivity index (χ2n) is 8.74. The van der Waals surface area contributed by atoms with E-state index in [1.165, 1.54) is 6.42 Å². The molecule has 7 nitrogen and oxygen atoms in total. The maximum Gasteiger partial charge on any atom is 0.262 e. The number of piperidine rings is 1. The fourth-order valence-corrected chi connectivity index (χ4v) is 4.84. The van der Waals surface area contributed by atoms with Crippen LogP contribution in [0.2, 0.25) is 5.15 Å². The highest BCUT2D eigenvalue weighted by Gasteiger charge is 2.46. The molecule has 3 aromatic rings. The fraction of sp³-hybridized carbons (Fsp3) is 0.391. The van der Waals surface area contributed by atoms with Crippen molar-refractivity contribution < 1.29 is 4.79 Å². The van der Waals surface area contributed by atoms with Gasteiger partial charge in [0.2, 0.25) is 5.95 Å². The lowest BCUT2D eigenvalue weighted by molar-refractivity contribution is 0.112. The van der Waals surface area contributed by atoms with E-state index in [9.17, 15) is 9.59 Å². The topological polar surface area (TPSA) is 80.1 Å². The molecule has 1 aromatic carbocycles. The number of benzene rings is 1. The van der Waals surface area contributed by atoms with Gasteiger partial charge in [0.15, 0.2) is 6.29 Å². The summed E-state index contributed by atoms with van der Waals surface area (Å²) in [5.41, 5.74) is 3.38. The Morgan fingerprint density at radius 2 is 1.97 bits per heavy atom. The van der Waals surface area contributed by atoms with Crippen molar-refractivity contribution in [2.45, 2.75) is 26.3 Å². The van der Waals surface area contributed by atoms with E-state index in [4.69, 9.17) is 16.6 Å². The summed E-state index contributed by atoms with van der Waals surface area (Å²) in [6.45, 7) is 5.88. The van der Waals surface area contributed by atoms with Gasteiger partial charge in [0, 0.05) is 25.7 Å². The van der Waals surface area contributed by atoms with Crippen molar-refractivity contribution in [2.24, 2.45) is 18.9 Å². The Bertz CT molecular complexity index is 1260. The van der Waals surface area contributed by atoms with Crippen LogP contribution in [0.4, 0.5) is 11.6 Å². The molecule has 160 valence electrons. The molecule has 2 aromatic heterocycles. The van der Waals surface area contributed by atoms with E-state index in [2.05, 4.69) is 15.2 Å². The molecule has 2 aliphatic rings. The first-order chi connectivity index (χ1) is 14.9. The van der Waals surface area contributed by atoms with Gasteiger partial charge in [0.25, 0.3) is 5.56 Å². The molecule has 0 amide bonds. The molecule has 1 saturated carbocycles. The number of aldehydes is 1. The van der Waals surface area contributed by atoms with Gasteiger partial charge in [0.05, 0.1) is 22.6 Å². The van der Waals surface area contributed by atoms with Crippen LogP contribution in [0.15, 0.2) is 29.1 Å². The zero-order chi connectivity index (χ0) is 21.9. The number of pyridine rings is 1. The van der Waals surface area contributed by atoms with Gasteiger partial charge >= 0.3 is 0 Å². The highest BCUT2D eigenvalue weighted by Crippen LogP contribution is 2.46. The average molecular weight is 438 g/mol. The number of fused-ring (bicyclic) bond motifs is 2. The van der Waals surface area contributed by atoms with Crippen molar-refractivity contribution in [1.29, 1.82) is 0 Å². The van der Waals surface area contributed by atoms with Gasteiger partial charge in [-0.3, -0.25) is 14.2 Å². The smallest absolute Gasteiger partial charge is 0.262 e. The van der Waals surface area contributed by atoms with Crippen LogP contribution in [-0.2, 0) is 7.05 Å². The summed E-state index contributed by atoms with van der Waals surface area (Å²) in [6.07, 6.45) is 1.97. The SMILES string of the molecule is Cc1cc(C(C)Nc2ccc(Cl)nc2C=O)c2nc(N3CC4CC4C3)n(C)c(=O)c2c1. The summed E-state index contributed by atoms with van der Waals surface area (Å²) in [6, 6.07) is 7.11. The number of anilines is 2. The van der Waals surface area contributed by atoms with Crippen molar-refractivity contribution in [1.82, 2.24) is 14.5 Å². The second kappa shape index (κ2) is 7.34. The summed E-state index contributed by atoms with van der Waals surface area (Å²) in [7, 11) is 1.80. The Morgan fingerprint density at radius 1 is 1.23 bits per heavy atom. The zero-order valence-electron chi connectivity index (χ0n) is 17.7. The standard InChI is InChI=1S/C23H24ClN5O2/c1-12-6-16(13(2)25-18-4-5-20(24)26-19(18)11-30)21-17(7-12)22(31)28(3)23(27-21)29-9-14-8-15(14)10-29/h4-7,11,13-15,25H,8-10H2,1-3H3. The quantitative estimate of drug-likeness (QED) is 0.484. The fourth-order valence-electron chi connectivity index (χ4n) is 4.69. The van der Waals surface area contributed by atoms with E-state index in [1.807, 2.05) is 26.0 Å². The van der Waals surface area contributed by atoms with Gasteiger partial charge in [-0.1, -0.05) is 17.7 Å². The minimum atomic E-state index is -0.205. The molecular weight excluding hydrogens is 414 g/mol. The third kappa shape index (κ3) is 3.47. The number of aromatic nitrogens is 3. The van der Waals surface area contributed by atoms with E-state index < -0.39 is 0 Å². The summed E-state index contributed by atoms with van der Waals surface area (Å²) in [5, 5.41) is 4.21. The highest BCUT2D eigenvalue weighted by atomic mass is 35.5. The number of hydrogen-bond donors (Lipinski definition) is 1. The van der Waals surface area contributed by atoms with Crippen LogP contribution in [0.1, 0.15) is 41.0 Å². The molecule has 3 unspecified atom stereocenters. The van der Waals surface area contributed by atoms with E-state index in [0.29, 0.717) is 22.9 Å². The Morgan fingerprint density at radius 3 is 2.68 bits per heavy atom. The molecule has 0 bridgehead atoms. The van der Waals surface area contributed by atoms with Crippen molar-refractivity contribution in [3.8, 4) is 0 Å². The van der Waals surface area contributed by atoms with Gasteiger partial charge in [-0.25, -0.2) is 9.97 Å². The van der Waals surface area contributed by atoms with Crippen molar-refractivity contribution in [3.63, 3.8) is 0 Å². The van der Waals surface area contributed by atoms with Crippen LogP contribution < -0.4 is 15.8 Å². The van der Waals surface area contributed by atoms with E-state index in [0.717, 1.165) is 42.0 Å². The van der Waals surface area contributed by atoms with Gasteiger partial charge in [-0.05, 0) is 55.9 Å². The number of carbonyl (C=O) groups is 1. The van der Waals surface area contributed by atoms with Crippen molar-refractivity contribution >= 4 is 40.4 Å². The highest BCUT2D eigenvalue weighted by molar-refractivity contribution is 6.29. The molecule has 3 heterocycles. The molecule has 0 spiro atoms. The minimum Gasteiger partial charge on any atom is -0.377 e. The number of rotatable bonds is 5. The van der Waals surface area contributed by atoms with E-state index in [-0.39, 0.29) is 22.4 Å². The lowest BCUT2D eigenvalue weighted by Gasteiger charge is -2.24. The van der Waals surface area contributed by atoms with Gasteiger partial charge in [-0.15, -0.1) is 0 Å². The Kier molecular flexibility index (Phi) is 4.73. The van der Waals surface area contributed by atoms with Crippen LogP contribution in [-0.4, -0.2) is 33.9 Å². The average Bonchev–Trinajstić information content (AvgIpc) is 3.36. The third-order valence-electron chi connectivity index (χ3n) is 6.43. The number of carbonyl (C=O) groups excluding carboxylic acids is 1. The molecular formula is C23H24ClN5O2. The monoisotopic (exact) mass is 437 g/mol. The van der Waals surface area contributed by atoms with E-state index in [1.54, 1.807) is 23.7 Å². The number of nitrogens with one attached hydrogen (secondary N) is 1. The van der Waals surface area contributed by atoms with E-state index >= 15 is 0 Å². The molecule has 1 aliphatic carbocycles. The van der Waals surface area contributed by atoms with Crippen molar-refractivity contribution in [2.75, 3.05) is 23.3 Å². The molecule has 1 aliphatic heterocycles. The molecule has 5 rings (SSSR count). The molecule has 1 N–H and O–H groups in total. The first-order valence-corrected chi connectivity index (χ1v) is 10.9. The van der Waals surface area contributed by atoms with Gasteiger partial charge in [-0.2, -0.15) is 0 Å². The number of aryl methyl sites for hydroxylation is 1. The predicted octanol–water partition coefficient (Wildman–Crippen LogP) is 3.73. The van der Waals surface area contributed by atoms with Crippen molar-refractivity contribution in [3.05, 3.63) is 56.6 Å². The summed E-state index contributed by atoms with van der Waals surface area (Å²) < 4.78 is 1.67. The Hall–Kier alpha value is -2.93. The largest absolute Gasteiger partial charge is 0.377 e. The normalized spacial score (nSPS) is 20.6. The Balaban J connectivity index is 1.60. The van der Waals surface area contributed by atoms with Gasteiger partial charge in [0.1, 0.15) is 10.8 Å². The van der Waals surface area contributed by atoms with Gasteiger partial charge < -0.3 is 10.2 Å². The summed E-state index contributed by atoms with van der Waals surface area (Å²) in [5.74, 6) is 2.21. The molecule has 3 atom stereocenters. The lowest BCUT2D eigenvalue weighted by atomic mass is 10.0. The maximum absolute atomic E-state index is 13.2. The molecule has 1 saturated heterocycles.